The molecule has 2 saturated heterocycles. The van der Waals surface area contributed by atoms with Crippen molar-refractivity contribution in [2.24, 2.45) is 5.92 Å². The van der Waals surface area contributed by atoms with Crippen molar-refractivity contribution < 1.29 is 9.72 Å². The molecule has 0 saturated carbocycles. The molecule has 0 atom stereocenters. The van der Waals surface area contributed by atoms with E-state index in [1.165, 1.54) is 18.6 Å². The van der Waals surface area contributed by atoms with Crippen LogP contribution in [0.15, 0.2) is 18.2 Å². The number of hydrogen-bond acceptors (Lipinski definition) is 5. The quantitative estimate of drug-likeness (QED) is 0.622. The molecule has 2 aliphatic heterocycles. The predicted octanol–water partition coefficient (Wildman–Crippen LogP) is 2.70. The van der Waals surface area contributed by atoms with E-state index in [4.69, 9.17) is 5.26 Å². The predicted molar refractivity (Wildman–Crippen MR) is 93.2 cm³/mol. The zero-order valence-electron chi connectivity index (χ0n) is 14.2. The Balaban J connectivity index is 1.69. The Kier molecular flexibility index (Phi) is 5.17. The fraction of sp³-hybridized carbons (Fsp3) is 0.556. The van der Waals surface area contributed by atoms with Gasteiger partial charge in [-0.3, -0.25) is 14.9 Å². The number of piperidine rings is 2. The fourth-order valence-corrected chi connectivity index (χ4v) is 3.74. The van der Waals surface area contributed by atoms with E-state index in [-0.39, 0.29) is 17.5 Å². The molecule has 1 amide bonds. The summed E-state index contributed by atoms with van der Waals surface area (Å²) in [5.41, 5.74) is 0.903. The molecule has 0 bridgehead atoms. The van der Waals surface area contributed by atoms with Crippen molar-refractivity contribution in [1.29, 1.82) is 5.26 Å². The van der Waals surface area contributed by atoms with Crippen molar-refractivity contribution in [3.8, 4) is 6.07 Å². The number of hydrogen-bond donors (Lipinski definition) is 0. The van der Waals surface area contributed by atoms with Gasteiger partial charge in [0.25, 0.3) is 5.69 Å². The minimum atomic E-state index is -0.415. The van der Waals surface area contributed by atoms with Crippen LogP contribution in [0.2, 0.25) is 0 Å². The van der Waals surface area contributed by atoms with E-state index in [2.05, 4.69) is 0 Å². The van der Waals surface area contributed by atoms with Crippen LogP contribution in [0.3, 0.4) is 0 Å². The van der Waals surface area contributed by atoms with Gasteiger partial charge in [0, 0.05) is 38.2 Å². The molecule has 1 aromatic rings. The van der Waals surface area contributed by atoms with Crippen molar-refractivity contribution in [3.63, 3.8) is 0 Å². The van der Waals surface area contributed by atoms with Crippen molar-refractivity contribution >= 4 is 17.3 Å². The molecule has 2 aliphatic rings. The Hall–Kier alpha value is -2.62. The number of benzene rings is 1. The van der Waals surface area contributed by atoms with E-state index in [0.717, 1.165) is 25.9 Å². The summed E-state index contributed by atoms with van der Waals surface area (Å²) < 4.78 is 0. The lowest BCUT2D eigenvalue weighted by Gasteiger charge is -2.36. The van der Waals surface area contributed by atoms with Gasteiger partial charge in [-0.15, -0.1) is 0 Å². The van der Waals surface area contributed by atoms with Gasteiger partial charge in [0.2, 0.25) is 5.91 Å². The largest absolute Gasteiger partial charge is 0.366 e. The average Bonchev–Trinajstić information content (AvgIpc) is 2.67. The van der Waals surface area contributed by atoms with Crippen LogP contribution in [0.1, 0.15) is 37.7 Å². The van der Waals surface area contributed by atoms with Crippen molar-refractivity contribution in [2.45, 2.75) is 32.1 Å². The molecule has 0 aromatic heterocycles. The molecular formula is C18H22N4O3. The van der Waals surface area contributed by atoms with E-state index < -0.39 is 4.92 Å². The third-order valence-corrected chi connectivity index (χ3v) is 5.15. The number of carbonyl (C=O) groups is 1. The minimum absolute atomic E-state index is 0.00700. The standard InChI is InChI=1S/C18H22N4O3/c19-13-14-4-5-16(22(24)25)17(12-14)20-10-6-15(7-11-20)18(23)21-8-2-1-3-9-21/h4-5,12,15H,1-3,6-11H2. The topological polar surface area (TPSA) is 90.5 Å². The number of nitriles is 1. The Morgan fingerprint density at radius 2 is 1.84 bits per heavy atom. The monoisotopic (exact) mass is 342 g/mol. The first kappa shape index (κ1) is 17.2. The van der Waals surface area contributed by atoms with Crippen LogP contribution in [0.4, 0.5) is 11.4 Å². The minimum Gasteiger partial charge on any atom is -0.366 e. The summed E-state index contributed by atoms with van der Waals surface area (Å²) in [6.07, 6.45) is 4.75. The summed E-state index contributed by atoms with van der Waals surface area (Å²) >= 11 is 0. The fourth-order valence-electron chi connectivity index (χ4n) is 3.74. The number of nitro benzene ring substituents is 1. The van der Waals surface area contributed by atoms with Crippen LogP contribution in [-0.4, -0.2) is 41.9 Å². The van der Waals surface area contributed by atoms with Crippen LogP contribution in [0.25, 0.3) is 0 Å². The van der Waals surface area contributed by atoms with E-state index in [0.29, 0.717) is 37.2 Å². The molecule has 0 aliphatic carbocycles. The highest BCUT2D eigenvalue weighted by Gasteiger charge is 2.31. The van der Waals surface area contributed by atoms with Crippen LogP contribution >= 0.6 is 0 Å². The normalized spacial score (nSPS) is 18.7. The van der Waals surface area contributed by atoms with Gasteiger partial charge >= 0.3 is 0 Å². The maximum absolute atomic E-state index is 12.6. The summed E-state index contributed by atoms with van der Waals surface area (Å²) in [5, 5.41) is 20.3. The van der Waals surface area contributed by atoms with Gasteiger partial charge in [0.15, 0.2) is 0 Å². The lowest BCUT2D eigenvalue weighted by Crippen LogP contribution is -2.44. The number of rotatable bonds is 3. The Labute approximate surface area is 147 Å². The van der Waals surface area contributed by atoms with Gasteiger partial charge in [-0.2, -0.15) is 5.26 Å². The van der Waals surface area contributed by atoms with Gasteiger partial charge in [-0.05, 0) is 44.2 Å². The molecule has 1 aromatic carbocycles. The smallest absolute Gasteiger partial charge is 0.292 e. The van der Waals surface area contributed by atoms with Crippen LogP contribution in [0.5, 0.6) is 0 Å². The number of anilines is 1. The van der Waals surface area contributed by atoms with Crippen LogP contribution in [-0.2, 0) is 4.79 Å². The third kappa shape index (κ3) is 3.73. The Morgan fingerprint density at radius 1 is 1.16 bits per heavy atom. The molecule has 25 heavy (non-hydrogen) atoms. The van der Waals surface area contributed by atoms with Gasteiger partial charge < -0.3 is 9.80 Å². The lowest BCUT2D eigenvalue weighted by atomic mass is 9.93. The molecule has 0 N–H and O–H groups in total. The second-order valence-corrected chi connectivity index (χ2v) is 6.72. The number of amides is 1. The van der Waals surface area contributed by atoms with E-state index >= 15 is 0 Å². The van der Waals surface area contributed by atoms with Gasteiger partial charge in [-0.1, -0.05) is 0 Å². The third-order valence-electron chi connectivity index (χ3n) is 5.15. The number of carbonyl (C=O) groups excluding carboxylic acids is 1. The summed E-state index contributed by atoms with van der Waals surface area (Å²) in [4.78, 5) is 27.4. The molecule has 132 valence electrons. The highest BCUT2D eigenvalue weighted by molar-refractivity contribution is 5.79. The molecule has 0 spiro atoms. The number of nitro groups is 1. The zero-order chi connectivity index (χ0) is 17.8. The second kappa shape index (κ2) is 7.51. The van der Waals surface area contributed by atoms with Crippen LogP contribution in [0, 0.1) is 27.4 Å². The van der Waals surface area contributed by atoms with E-state index in [1.54, 1.807) is 6.07 Å². The van der Waals surface area contributed by atoms with Gasteiger partial charge in [0.05, 0.1) is 16.6 Å². The molecular weight excluding hydrogens is 320 g/mol. The molecule has 2 heterocycles. The molecule has 0 unspecified atom stereocenters. The van der Waals surface area contributed by atoms with E-state index in [1.807, 2.05) is 15.9 Å². The molecule has 2 fully saturated rings. The first-order valence-electron chi connectivity index (χ1n) is 8.82. The van der Waals surface area contributed by atoms with Gasteiger partial charge in [0.1, 0.15) is 5.69 Å². The summed E-state index contributed by atoms with van der Waals surface area (Å²) in [5.74, 6) is 0.243. The first-order chi connectivity index (χ1) is 12.1. The maximum Gasteiger partial charge on any atom is 0.292 e. The molecule has 7 heteroatoms. The molecule has 0 radical (unpaired) electrons. The first-order valence-corrected chi connectivity index (χ1v) is 8.82. The van der Waals surface area contributed by atoms with Crippen molar-refractivity contribution in [1.82, 2.24) is 4.90 Å². The molecule has 3 rings (SSSR count). The highest BCUT2D eigenvalue weighted by atomic mass is 16.6. The lowest BCUT2D eigenvalue weighted by molar-refractivity contribution is -0.384. The SMILES string of the molecule is N#Cc1ccc([N+](=O)[O-])c(N2CCC(C(=O)N3CCCCC3)CC2)c1. The second-order valence-electron chi connectivity index (χ2n) is 6.72. The average molecular weight is 342 g/mol. The Morgan fingerprint density at radius 3 is 2.44 bits per heavy atom. The summed E-state index contributed by atoms with van der Waals surface area (Å²) in [6, 6.07) is 6.46. The van der Waals surface area contributed by atoms with Gasteiger partial charge in [-0.25, -0.2) is 0 Å². The summed E-state index contributed by atoms with van der Waals surface area (Å²) in [6.45, 7) is 2.91. The number of likely N-dealkylation sites (tertiary alicyclic amines) is 1. The maximum atomic E-state index is 12.6. The van der Waals surface area contributed by atoms with E-state index in [9.17, 15) is 14.9 Å². The zero-order valence-corrected chi connectivity index (χ0v) is 14.2. The highest BCUT2D eigenvalue weighted by Crippen LogP contribution is 2.33. The van der Waals surface area contributed by atoms with Crippen molar-refractivity contribution in [3.05, 3.63) is 33.9 Å². The van der Waals surface area contributed by atoms with Crippen molar-refractivity contribution in [2.75, 3.05) is 31.1 Å². The molecule has 7 nitrogen and oxygen atoms in total. The van der Waals surface area contributed by atoms with Crippen LogP contribution < -0.4 is 4.90 Å². The number of nitrogens with zero attached hydrogens (tertiary/aromatic N) is 4. The Bertz CT molecular complexity index is 699. The summed E-state index contributed by atoms with van der Waals surface area (Å²) in [7, 11) is 0.